The predicted octanol–water partition coefficient (Wildman–Crippen LogP) is 2.56. The number of fused-ring (bicyclic) bond motifs is 1. The van der Waals surface area contributed by atoms with Crippen LogP contribution in [0.5, 0.6) is 0 Å². The van der Waals surface area contributed by atoms with Crippen molar-refractivity contribution >= 4 is 27.3 Å². The van der Waals surface area contributed by atoms with Gasteiger partial charge in [-0.05, 0) is 23.9 Å². The second kappa shape index (κ2) is 5.61. The highest BCUT2D eigenvalue weighted by molar-refractivity contribution is 7.20. The molecular formula is C15H14N2O2S. The number of benzene rings is 1. The fourth-order valence-corrected chi connectivity index (χ4v) is 3.34. The smallest absolute Gasteiger partial charge is 0.262 e. The van der Waals surface area contributed by atoms with Crippen LogP contribution in [0.2, 0.25) is 0 Å². The SMILES string of the molecule is N#CC(NC(=O)c1cc2ccccc2s1)C1CCOC1. The zero-order valence-corrected chi connectivity index (χ0v) is 11.7. The Morgan fingerprint density at radius 3 is 3.05 bits per heavy atom. The molecule has 1 aromatic heterocycles. The summed E-state index contributed by atoms with van der Waals surface area (Å²) >= 11 is 1.45. The molecule has 0 aliphatic carbocycles. The molecule has 2 heterocycles. The average molecular weight is 286 g/mol. The number of rotatable bonds is 3. The first-order valence-corrected chi connectivity index (χ1v) is 7.36. The fraction of sp³-hybridized carbons (Fsp3) is 0.333. The summed E-state index contributed by atoms with van der Waals surface area (Å²) in [5.41, 5.74) is 0. The van der Waals surface area contributed by atoms with Crippen LogP contribution in [0, 0.1) is 17.2 Å². The van der Waals surface area contributed by atoms with Crippen molar-refractivity contribution in [2.45, 2.75) is 12.5 Å². The van der Waals surface area contributed by atoms with Gasteiger partial charge in [-0.2, -0.15) is 5.26 Å². The number of amides is 1. The summed E-state index contributed by atoms with van der Waals surface area (Å²) in [6.07, 6.45) is 0.824. The van der Waals surface area contributed by atoms with E-state index in [-0.39, 0.29) is 11.8 Å². The highest BCUT2D eigenvalue weighted by Gasteiger charge is 2.27. The Balaban J connectivity index is 1.76. The lowest BCUT2D eigenvalue weighted by atomic mass is 10.0. The minimum Gasteiger partial charge on any atom is -0.381 e. The zero-order valence-electron chi connectivity index (χ0n) is 10.8. The van der Waals surface area contributed by atoms with E-state index in [1.807, 2.05) is 30.3 Å². The molecule has 1 aromatic carbocycles. The summed E-state index contributed by atoms with van der Waals surface area (Å²) in [5, 5.41) is 13.1. The van der Waals surface area contributed by atoms with Gasteiger partial charge in [-0.15, -0.1) is 11.3 Å². The second-order valence-electron chi connectivity index (χ2n) is 4.85. The molecule has 4 nitrogen and oxygen atoms in total. The maximum absolute atomic E-state index is 12.2. The summed E-state index contributed by atoms with van der Waals surface area (Å²) in [6.45, 7) is 1.21. The number of ether oxygens (including phenoxy) is 1. The van der Waals surface area contributed by atoms with Crippen LogP contribution in [-0.4, -0.2) is 25.2 Å². The van der Waals surface area contributed by atoms with E-state index in [4.69, 9.17) is 4.74 Å². The first-order chi connectivity index (χ1) is 9.78. The van der Waals surface area contributed by atoms with E-state index in [2.05, 4.69) is 11.4 Å². The van der Waals surface area contributed by atoms with Crippen LogP contribution < -0.4 is 5.32 Å². The third-order valence-corrected chi connectivity index (χ3v) is 4.63. The van der Waals surface area contributed by atoms with Crippen molar-refractivity contribution in [3.05, 3.63) is 35.2 Å². The van der Waals surface area contributed by atoms with E-state index in [0.29, 0.717) is 18.1 Å². The molecule has 1 aliphatic heterocycles. The molecule has 1 saturated heterocycles. The van der Waals surface area contributed by atoms with Crippen LogP contribution in [-0.2, 0) is 4.74 Å². The van der Waals surface area contributed by atoms with E-state index in [1.54, 1.807) is 0 Å². The minimum absolute atomic E-state index is 0.0957. The molecule has 2 unspecified atom stereocenters. The molecule has 0 radical (unpaired) electrons. The topological polar surface area (TPSA) is 62.1 Å². The van der Waals surface area contributed by atoms with E-state index in [1.165, 1.54) is 11.3 Å². The number of hydrogen-bond donors (Lipinski definition) is 1. The molecule has 1 aliphatic rings. The number of nitrogens with one attached hydrogen (secondary N) is 1. The lowest BCUT2D eigenvalue weighted by Gasteiger charge is -2.15. The van der Waals surface area contributed by atoms with Crippen LogP contribution in [0.1, 0.15) is 16.1 Å². The lowest BCUT2D eigenvalue weighted by molar-refractivity contribution is 0.0935. The van der Waals surface area contributed by atoms with Gasteiger partial charge in [0.15, 0.2) is 0 Å². The van der Waals surface area contributed by atoms with E-state index >= 15 is 0 Å². The lowest BCUT2D eigenvalue weighted by Crippen LogP contribution is -2.39. The summed E-state index contributed by atoms with van der Waals surface area (Å²) in [7, 11) is 0. The van der Waals surface area contributed by atoms with Gasteiger partial charge in [-0.1, -0.05) is 18.2 Å². The standard InChI is InChI=1S/C15H14N2O2S/c16-8-12(11-5-6-19-9-11)17-15(18)14-7-10-3-1-2-4-13(10)20-14/h1-4,7,11-12H,5-6,9H2,(H,17,18). The summed E-state index contributed by atoms with van der Waals surface area (Å²) in [5.74, 6) is -0.0806. The van der Waals surface area contributed by atoms with Gasteiger partial charge < -0.3 is 10.1 Å². The van der Waals surface area contributed by atoms with Crippen molar-refractivity contribution in [1.29, 1.82) is 5.26 Å². The molecule has 1 amide bonds. The van der Waals surface area contributed by atoms with Crippen LogP contribution >= 0.6 is 11.3 Å². The Hall–Kier alpha value is -1.90. The number of carbonyl (C=O) groups is 1. The summed E-state index contributed by atoms with van der Waals surface area (Å²) in [4.78, 5) is 12.9. The molecule has 0 spiro atoms. The Morgan fingerprint density at radius 1 is 1.50 bits per heavy atom. The Labute approximate surface area is 121 Å². The van der Waals surface area contributed by atoms with E-state index in [0.717, 1.165) is 16.5 Å². The molecular weight excluding hydrogens is 272 g/mol. The zero-order chi connectivity index (χ0) is 13.9. The number of hydrogen-bond acceptors (Lipinski definition) is 4. The number of nitriles is 1. The van der Waals surface area contributed by atoms with Gasteiger partial charge in [-0.3, -0.25) is 4.79 Å². The van der Waals surface area contributed by atoms with E-state index < -0.39 is 6.04 Å². The summed E-state index contributed by atoms with van der Waals surface area (Å²) < 4.78 is 6.35. The van der Waals surface area contributed by atoms with Crippen LogP contribution in [0.3, 0.4) is 0 Å². The first-order valence-electron chi connectivity index (χ1n) is 6.55. The molecule has 2 atom stereocenters. The van der Waals surface area contributed by atoms with Crippen molar-refractivity contribution < 1.29 is 9.53 Å². The number of carbonyl (C=O) groups excluding carboxylic acids is 1. The van der Waals surface area contributed by atoms with Crippen molar-refractivity contribution in [2.75, 3.05) is 13.2 Å². The van der Waals surface area contributed by atoms with Gasteiger partial charge in [0.1, 0.15) is 6.04 Å². The van der Waals surface area contributed by atoms with Crippen molar-refractivity contribution in [3.63, 3.8) is 0 Å². The van der Waals surface area contributed by atoms with Crippen molar-refractivity contribution in [2.24, 2.45) is 5.92 Å². The highest BCUT2D eigenvalue weighted by Crippen LogP contribution is 2.25. The van der Waals surface area contributed by atoms with Gasteiger partial charge in [0.25, 0.3) is 5.91 Å². The van der Waals surface area contributed by atoms with Crippen molar-refractivity contribution in [1.82, 2.24) is 5.32 Å². The minimum atomic E-state index is -0.477. The van der Waals surface area contributed by atoms with Crippen LogP contribution in [0.4, 0.5) is 0 Å². The molecule has 3 rings (SSSR count). The van der Waals surface area contributed by atoms with Crippen molar-refractivity contribution in [3.8, 4) is 6.07 Å². The molecule has 102 valence electrons. The van der Waals surface area contributed by atoms with E-state index in [9.17, 15) is 10.1 Å². The monoisotopic (exact) mass is 286 g/mol. The van der Waals surface area contributed by atoms with Gasteiger partial charge in [0.05, 0.1) is 17.6 Å². The third kappa shape index (κ3) is 2.53. The third-order valence-electron chi connectivity index (χ3n) is 3.51. The summed E-state index contributed by atoms with van der Waals surface area (Å²) in [6, 6.07) is 11.4. The number of nitrogens with zero attached hydrogens (tertiary/aromatic N) is 1. The Morgan fingerprint density at radius 2 is 2.35 bits per heavy atom. The normalized spacial score (nSPS) is 19.6. The molecule has 1 fully saturated rings. The Kier molecular flexibility index (Phi) is 3.68. The van der Waals surface area contributed by atoms with Gasteiger partial charge in [-0.25, -0.2) is 0 Å². The van der Waals surface area contributed by atoms with Gasteiger partial charge in [0.2, 0.25) is 0 Å². The average Bonchev–Trinajstić information content (AvgIpc) is 3.13. The first kappa shape index (κ1) is 13.1. The number of thiophene rings is 1. The highest BCUT2D eigenvalue weighted by atomic mass is 32.1. The van der Waals surface area contributed by atoms with Gasteiger partial charge in [0, 0.05) is 17.2 Å². The largest absolute Gasteiger partial charge is 0.381 e. The van der Waals surface area contributed by atoms with Crippen LogP contribution in [0.15, 0.2) is 30.3 Å². The molecule has 0 bridgehead atoms. The maximum atomic E-state index is 12.2. The van der Waals surface area contributed by atoms with Crippen LogP contribution in [0.25, 0.3) is 10.1 Å². The quantitative estimate of drug-likeness (QED) is 0.943. The molecule has 5 heteroatoms. The second-order valence-corrected chi connectivity index (χ2v) is 5.94. The van der Waals surface area contributed by atoms with Gasteiger partial charge >= 0.3 is 0 Å². The maximum Gasteiger partial charge on any atom is 0.262 e. The molecule has 1 N–H and O–H groups in total. The predicted molar refractivity (Wildman–Crippen MR) is 77.6 cm³/mol. The Bertz CT molecular complexity index is 635. The molecule has 2 aromatic rings. The molecule has 0 saturated carbocycles. The fourth-order valence-electron chi connectivity index (χ4n) is 2.38. The molecule has 20 heavy (non-hydrogen) atoms.